The van der Waals surface area contributed by atoms with Crippen LogP contribution in [0.5, 0.6) is 0 Å². The van der Waals surface area contributed by atoms with Crippen molar-refractivity contribution >= 4 is 29.3 Å². The molecule has 0 radical (unpaired) electrons. The molecule has 1 aromatic carbocycles. The summed E-state index contributed by atoms with van der Waals surface area (Å²) in [6, 6.07) is 10.6. The Balaban J connectivity index is 0.989. The molecule has 7 rings (SSSR count). The molecule has 3 fully saturated rings. The van der Waals surface area contributed by atoms with Crippen LogP contribution in [0.1, 0.15) is 82.6 Å². The second-order valence-electron chi connectivity index (χ2n) is 11.4. The molecular formula is C30H30N6O4. The summed E-state index contributed by atoms with van der Waals surface area (Å²) in [4.78, 5) is 55.5. The first-order valence-corrected chi connectivity index (χ1v) is 14.0. The van der Waals surface area contributed by atoms with E-state index in [1.54, 1.807) is 18.2 Å². The van der Waals surface area contributed by atoms with Crippen LogP contribution >= 0.6 is 0 Å². The van der Waals surface area contributed by atoms with E-state index in [2.05, 4.69) is 27.6 Å². The topological polar surface area (TPSA) is 126 Å². The average Bonchev–Trinajstić information content (AvgIpc) is 3.62. The molecule has 2 aromatic heterocycles. The van der Waals surface area contributed by atoms with Crippen molar-refractivity contribution < 1.29 is 19.2 Å². The van der Waals surface area contributed by atoms with E-state index < -0.39 is 23.8 Å². The van der Waals surface area contributed by atoms with Crippen molar-refractivity contribution in [3.8, 4) is 11.3 Å². The first kappa shape index (κ1) is 24.7. The largest absolute Gasteiger partial charge is 0.385 e. The van der Waals surface area contributed by atoms with Gasteiger partial charge < -0.3 is 5.32 Å². The molecule has 1 unspecified atom stereocenters. The minimum Gasteiger partial charge on any atom is -0.385 e. The molecular weight excluding hydrogens is 508 g/mol. The Hall–Kier alpha value is -4.34. The first-order valence-electron chi connectivity index (χ1n) is 14.0. The second kappa shape index (κ2) is 9.39. The zero-order valence-electron chi connectivity index (χ0n) is 22.2. The molecule has 4 amide bonds. The van der Waals surface area contributed by atoms with Crippen molar-refractivity contribution in [1.29, 1.82) is 0 Å². The third-order valence-corrected chi connectivity index (χ3v) is 8.51. The van der Waals surface area contributed by atoms with Crippen LogP contribution < -0.4 is 10.6 Å². The van der Waals surface area contributed by atoms with Crippen LogP contribution in [0.2, 0.25) is 0 Å². The van der Waals surface area contributed by atoms with Crippen LogP contribution in [0.4, 0.5) is 5.69 Å². The number of hydrogen-bond donors (Lipinski definition) is 2. The maximum absolute atomic E-state index is 13.1. The summed E-state index contributed by atoms with van der Waals surface area (Å²) in [6.07, 6.45) is 6.80. The fourth-order valence-corrected chi connectivity index (χ4v) is 6.07. The third-order valence-electron chi connectivity index (χ3n) is 8.51. The number of piperidine rings is 1. The molecule has 40 heavy (non-hydrogen) atoms. The minimum absolute atomic E-state index is 0.101. The number of carbonyl (C=O) groups excluding carboxylic acids is 4. The van der Waals surface area contributed by atoms with Gasteiger partial charge in [-0.3, -0.25) is 39.1 Å². The molecule has 10 nitrogen and oxygen atoms in total. The van der Waals surface area contributed by atoms with Crippen LogP contribution in [-0.2, 0) is 9.59 Å². The van der Waals surface area contributed by atoms with E-state index in [0.29, 0.717) is 17.9 Å². The Morgan fingerprint density at radius 2 is 1.77 bits per heavy atom. The summed E-state index contributed by atoms with van der Waals surface area (Å²) in [5.74, 6) is -0.977. The molecule has 10 heteroatoms. The van der Waals surface area contributed by atoms with Gasteiger partial charge in [0.05, 0.1) is 28.6 Å². The van der Waals surface area contributed by atoms with Crippen LogP contribution in [0.3, 0.4) is 0 Å². The van der Waals surface area contributed by atoms with Crippen molar-refractivity contribution in [3.05, 3.63) is 65.1 Å². The quantitative estimate of drug-likeness (QED) is 0.440. The van der Waals surface area contributed by atoms with Crippen LogP contribution in [-0.4, -0.2) is 55.9 Å². The highest BCUT2D eigenvalue weighted by atomic mass is 16.2. The lowest BCUT2D eigenvalue weighted by Crippen LogP contribution is -2.54. The van der Waals surface area contributed by atoms with Crippen molar-refractivity contribution in [3.63, 3.8) is 0 Å². The van der Waals surface area contributed by atoms with Crippen LogP contribution in [0.15, 0.2) is 42.6 Å². The number of nitrogens with zero attached hydrogens (tertiary/aromatic N) is 4. The molecule has 1 saturated heterocycles. The van der Waals surface area contributed by atoms with Gasteiger partial charge in [0.1, 0.15) is 6.04 Å². The molecule has 204 valence electrons. The lowest BCUT2D eigenvalue weighted by molar-refractivity contribution is -0.136. The molecule has 2 aliphatic heterocycles. The number of rotatable bonds is 7. The Morgan fingerprint density at radius 3 is 2.52 bits per heavy atom. The number of aromatic nitrogens is 3. The molecule has 0 bridgehead atoms. The molecule has 4 aliphatic rings. The summed E-state index contributed by atoms with van der Waals surface area (Å²) >= 11 is 0. The highest BCUT2D eigenvalue weighted by Gasteiger charge is 2.44. The maximum atomic E-state index is 13.1. The van der Waals surface area contributed by atoms with E-state index in [9.17, 15) is 19.2 Å². The van der Waals surface area contributed by atoms with E-state index in [0.717, 1.165) is 46.9 Å². The standard InChI is InChI=1S/C30H30N6O4/c1-16-3-2-4-24(32-16)23-15-35(34-27(23)18-5-6-18)20-11-17(12-20)14-31-19-7-8-21-22(13-19)30(40)36(29(21)39)25-9-10-26(37)33-28(25)38/h2-4,7-8,13,15,17-18,20,25,31H,5-6,9-12,14H2,1H3,(H,33,37,38)/t17-,20-,25?. The summed E-state index contributed by atoms with van der Waals surface area (Å²) in [5, 5.41) is 10.6. The van der Waals surface area contributed by atoms with Gasteiger partial charge in [0.15, 0.2) is 0 Å². The number of amides is 4. The predicted molar refractivity (Wildman–Crippen MR) is 146 cm³/mol. The Bertz CT molecular complexity index is 1570. The summed E-state index contributed by atoms with van der Waals surface area (Å²) in [7, 11) is 0. The maximum Gasteiger partial charge on any atom is 0.262 e. The van der Waals surface area contributed by atoms with Gasteiger partial charge in [-0.1, -0.05) is 6.07 Å². The number of imide groups is 2. The number of carbonyl (C=O) groups is 4. The smallest absolute Gasteiger partial charge is 0.262 e. The van der Waals surface area contributed by atoms with E-state index in [-0.39, 0.29) is 29.9 Å². The SMILES string of the molecule is Cc1cccc(-c2cn([C@H]3C[C@H](CNc4ccc5c(c4)C(=O)N(C4CCC(=O)NC4=O)C5=O)C3)nc2C2CC2)n1. The first-order chi connectivity index (χ1) is 19.4. The molecule has 2 aliphatic carbocycles. The van der Waals surface area contributed by atoms with E-state index in [4.69, 9.17) is 10.1 Å². The van der Waals surface area contributed by atoms with Crippen LogP contribution in [0, 0.1) is 12.8 Å². The molecule has 2 N–H and O–H groups in total. The van der Waals surface area contributed by atoms with Gasteiger partial charge in [0.25, 0.3) is 11.8 Å². The van der Waals surface area contributed by atoms with Gasteiger partial charge in [-0.15, -0.1) is 0 Å². The predicted octanol–water partition coefficient (Wildman–Crippen LogP) is 3.60. The molecule has 4 heterocycles. The van der Waals surface area contributed by atoms with Crippen LogP contribution in [0.25, 0.3) is 11.3 Å². The molecule has 0 spiro atoms. The normalized spacial score (nSPS) is 24.1. The number of hydrogen-bond acceptors (Lipinski definition) is 7. The zero-order valence-corrected chi connectivity index (χ0v) is 22.2. The number of aryl methyl sites for hydroxylation is 1. The third kappa shape index (κ3) is 4.27. The highest BCUT2D eigenvalue weighted by molar-refractivity contribution is 6.23. The van der Waals surface area contributed by atoms with Crippen molar-refractivity contribution in [2.45, 2.75) is 63.5 Å². The second-order valence-corrected chi connectivity index (χ2v) is 11.4. The lowest BCUT2D eigenvalue weighted by Gasteiger charge is -2.35. The number of benzene rings is 1. The van der Waals surface area contributed by atoms with Gasteiger partial charge in [0.2, 0.25) is 11.8 Å². The van der Waals surface area contributed by atoms with Gasteiger partial charge in [-0.25, -0.2) is 0 Å². The van der Waals surface area contributed by atoms with Crippen molar-refractivity contribution in [2.24, 2.45) is 5.92 Å². The Kier molecular flexibility index (Phi) is 5.80. The zero-order chi connectivity index (χ0) is 27.5. The van der Waals surface area contributed by atoms with E-state index in [1.165, 1.54) is 18.5 Å². The molecule has 2 saturated carbocycles. The van der Waals surface area contributed by atoms with Crippen molar-refractivity contribution in [1.82, 2.24) is 25.0 Å². The summed E-state index contributed by atoms with van der Waals surface area (Å²) < 4.78 is 2.13. The number of fused-ring (bicyclic) bond motifs is 1. The summed E-state index contributed by atoms with van der Waals surface area (Å²) in [5.41, 5.74) is 5.64. The summed E-state index contributed by atoms with van der Waals surface area (Å²) in [6.45, 7) is 2.76. The van der Waals surface area contributed by atoms with Crippen molar-refractivity contribution in [2.75, 3.05) is 11.9 Å². The number of anilines is 1. The number of nitrogens with one attached hydrogen (secondary N) is 2. The highest BCUT2D eigenvalue weighted by Crippen LogP contribution is 2.45. The monoisotopic (exact) mass is 538 g/mol. The van der Waals surface area contributed by atoms with E-state index >= 15 is 0 Å². The molecule has 3 aromatic rings. The van der Waals surface area contributed by atoms with Gasteiger partial charge in [0, 0.05) is 42.0 Å². The Labute approximate surface area is 231 Å². The Morgan fingerprint density at radius 1 is 0.975 bits per heavy atom. The van der Waals surface area contributed by atoms with Gasteiger partial charge in [-0.05, 0) is 75.3 Å². The van der Waals surface area contributed by atoms with E-state index in [1.807, 2.05) is 19.1 Å². The number of pyridine rings is 1. The lowest BCUT2D eigenvalue weighted by atomic mass is 9.80. The van der Waals surface area contributed by atoms with Gasteiger partial charge in [-0.2, -0.15) is 5.10 Å². The average molecular weight is 539 g/mol. The van der Waals surface area contributed by atoms with Gasteiger partial charge >= 0.3 is 0 Å². The fraction of sp³-hybridized carbons (Fsp3) is 0.400. The molecule has 1 atom stereocenters. The minimum atomic E-state index is -0.960. The fourth-order valence-electron chi connectivity index (χ4n) is 6.07.